The van der Waals surface area contributed by atoms with E-state index in [2.05, 4.69) is 0 Å². The summed E-state index contributed by atoms with van der Waals surface area (Å²) in [5.41, 5.74) is -0.573. The number of carboxylic acids is 2. The van der Waals surface area contributed by atoms with Crippen LogP contribution >= 0.6 is 0 Å². The van der Waals surface area contributed by atoms with Gasteiger partial charge in [0.1, 0.15) is 0 Å². The highest BCUT2D eigenvalue weighted by Crippen LogP contribution is 2.16. The molecule has 0 saturated carbocycles. The molecule has 0 bridgehead atoms. The summed E-state index contributed by atoms with van der Waals surface area (Å²) in [5, 5.41) is 27.0. The third-order valence-electron chi connectivity index (χ3n) is 1.71. The number of nitrogens with zero attached hydrogens (tertiary/aromatic N) is 1. The molecule has 0 unspecified atom stereocenters. The monoisotopic (exact) mass is 223 g/mol. The van der Waals surface area contributed by atoms with E-state index in [-0.39, 0.29) is 5.69 Å². The summed E-state index contributed by atoms with van der Waals surface area (Å²) in [4.78, 5) is 21.1. The van der Waals surface area contributed by atoms with Crippen molar-refractivity contribution in [3.8, 4) is 0 Å². The molecule has 0 radical (unpaired) electrons. The number of hydroxylamine groups is 1. The van der Waals surface area contributed by atoms with Crippen LogP contribution in [0.5, 0.6) is 0 Å². The Balaban J connectivity index is 3.06. The van der Waals surface area contributed by atoms with Crippen LogP contribution in [-0.4, -0.2) is 27.4 Å². The van der Waals surface area contributed by atoms with Crippen molar-refractivity contribution in [1.29, 1.82) is 0 Å². The Morgan fingerprint density at radius 2 is 1.69 bits per heavy atom. The van der Waals surface area contributed by atoms with E-state index in [1.807, 2.05) is 0 Å². The predicted octanol–water partition coefficient (Wildman–Crippen LogP) is 0.935. The lowest BCUT2D eigenvalue weighted by atomic mass is 10.3. The van der Waals surface area contributed by atoms with Crippen LogP contribution in [0.15, 0.2) is 42.1 Å². The van der Waals surface area contributed by atoms with Gasteiger partial charge in [-0.3, -0.25) is 5.21 Å². The van der Waals surface area contributed by atoms with E-state index in [1.165, 1.54) is 12.1 Å². The SMILES string of the molecule is O=C(O)/C=C(/C(=O)O)N(O)c1ccccc1. The number of carbonyl (C=O) groups is 2. The zero-order valence-electron chi connectivity index (χ0n) is 8.07. The summed E-state index contributed by atoms with van der Waals surface area (Å²) in [5.74, 6) is -2.99. The van der Waals surface area contributed by atoms with Crippen LogP contribution in [0.2, 0.25) is 0 Å². The summed E-state index contributed by atoms with van der Waals surface area (Å²) in [6.45, 7) is 0. The molecular formula is C10H9NO5. The Morgan fingerprint density at radius 3 is 2.12 bits per heavy atom. The molecule has 84 valence electrons. The molecular weight excluding hydrogens is 214 g/mol. The minimum Gasteiger partial charge on any atom is -0.478 e. The van der Waals surface area contributed by atoms with E-state index in [0.717, 1.165) is 0 Å². The molecule has 6 nitrogen and oxygen atoms in total. The third kappa shape index (κ3) is 2.82. The van der Waals surface area contributed by atoms with Crippen LogP contribution in [0.25, 0.3) is 0 Å². The van der Waals surface area contributed by atoms with E-state index < -0.39 is 17.6 Å². The summed E-state index contributed by atoms with van der Waals surface area (Å²) in [6, 6.07) is 7.73. The van der Waals surface area contributed by atoms with Gasteiger partial charge in [-0.1, -0.05) is 18.2 Å². The molecule has 16 heavy (non-hydrogen) atoms. The van der Waals surface area contributed by atoms with E-state index >= 15 is 0 Å². The summed E-state index contributed by atoms with van der Waals surface area (Å²) in [6.07, 6.45) is 0.412. The normalized spacial score (nSPS) is 10.9. The van der Waals surface area contributed by atoms with Crippen LogP contribution in [0, 0.1) is 0 Å². The maximum atomic E-state index is 10.7. The maximum Gasteiger partial charge on any atom is 0.355 e. The molecule has 0 fully saturated rings. The molecule has 1 aromatic rings. The van der Waals surface area contributed by atoms with Crippen LogP contribution in [0.4, 0.5) is 5.69 Å². The van der Waals surface area contributed by atoms with Gasteiger partial charge in [0, 0.05) is 0 Å². The van der Waals surface area contributed by atoms with Gasteiger partial charge in [-0.05, 0) is 12.1 Å². The Bertz CT molecular complexity index is 426. The first-order valence-electron chi connectivity index (χ1n) is 4.24. The summed E-state index contributed by atoms with van der Waals surface area (Å²) in [7, 11) is 0. The Labute approximate surface area is 90.6 Å². The lowest BCUT2D eigenvalue weighted by Gasteiger charge is -2.16. The highest BCUT2D eigenvalue weighted by atomic mass is 16.5. The first-order valence-corrected chi connectivity index (χ1v) is 4.24. The molecule has 0 amide bonds. The first-order chi connectivity index (χ1) is 7.52. The van der Waals surface area contributed by atoms with Crippen molar-refractivity contribution < 1.29 is 25.0 Å². The zero-order valence-corrected chi connectivity index (χ0v) is 8.07. The molecule has 0 spiro atoms. The van der Waals surface area contributed by atoms with E-state index in [9.17, 15) is 14.8 Å². The van der Waals surface area contributed by atoms with Crippen LogP contribution < -0.4 is 5.06 Å². The van der Waals surface area contributed by atoms with Crippen molar-refractivity contribution in [1.82, 2.24) is 0 Å². The quantitative estimate of drug-likeness (QED) is 0.519. The largest absolute Gasteiger partial charge is 0.478 e. The molecule has 1 rings (SSSR count). The molecule has 0 aromatic heterocycles. The van der Waals surface area contributed by atoms with Gasteiger partial charge in [-0.2, -0.15) is 0 Å². The molecule has 0 heterocycles. The van der Waals surface area contributed by atoms with Gasteiger partial charge in [0.25, 0.3) is 0 Å². The van der Waals surface area contributed by atoms with Crippen LogP contribution in [0.3, 0.4) is 0 Å². The van der Waals surface area contributed by atoms with Gasteiger partial charge in [0.05, 0.1) is 11.8 Å². The number of rotatable bonds is 4. The fraction of sp³-hybridized carbons (Fsp3) is 0. The number of carboxylic acid groups (broad SMARTS) is 2. The molecule has 0 aliphatic heterocycles. The fourth-order valence-corrected chi connectivity index (χ4v) is 1.04. The molecule has 0 atom stereocenters. The van der Waals surface area contributed by atoms with Gasteiger partial charge in [0.15, 0.2) is 5.70 Å². The minimum atomic E-state index is -1.53. The standard InChI is InChI=1S/C10H9NO5/c12-9(13)6-8(10(14)15)11(16)7-4-2-1-3-5-7/h1-6,16H,(H,12,13)(H,14,15)/b8-6-. The molecule has 1 aromatic carbocycles. The number of anilines is 1. The van der Waals surface area contributed by atoms with E-state index in [1.54, 1.807) is 18.2 Å². The van der Waals surface area contributed by atoms with Crippen molar-refractivity contribution >= 4 is 17.6 Å². The van der Waals surface area contributed by atoms with Crippen LogP contribution in [0.1, 0.15) is 0 Å². The van der Waals surface area contributed by atoms with Gasteiger partial charge < -0.3 is 10.2 Å². The number of hydrogen-bond donors (Lipinski definition) is 3. The Morgan fingerprint density at radius 1 is 1.12 bits per heavy atom. The zero-order chi connectivity index (χ0) is 12.1. The van der Waals surface area contributed by atoms with Crippen molar-refractivity contribution in [3.05, 3.63) is 42.1 Å². The average Bonchev–Trinajstić information content (AvgIpc) is 2.25. The van der Waals surface area contributed by atoms with Gasteiger partial charge in [0.2, 0.25) is 0 Å². The van der Waals surface area contributed by atoms with Crippen LogP contribution in [-0.2, 0) is 9.59 Å². The number of aliphatic carboxylic acids is 2. The number of hydrogen-bond acceptors (Lipinski definition) is 4. The average molecular weight is 223 g/mol. The number of para-hydroxylation sites is 1. The Kier molecular flexibility index (Phi) is 3.62. The second-order valence-corrected chi connectivity index (χ2v) is 2.82. The fourth-order valence-electron chi connectivity index (χ4n) is 1.04. The lowest BCUT2D eigenvalue weighted by Crippen LogP contribution is -2.24. The van der Waals surface area contributed by atoms with Crippen molar-refractivity contribution in [2.45, 2.75) is 0 Å². The first kappa shape index (κ1) is 11.7. The molecule has 0 aliphatic carbocycles. The molecule has 6 heteroatoms. The van der Waals surface area contributed by atoms with E-state index in [0.29, 0.717) is 11.1 Å². The highest BCUT2D eigenvalue weighted by Gasteiger charge is 2.17. The van der Waals surface area contributed by atoms with E-state index in [4.69, 9.17) is 10.2 Å². The summed E-state index contributed by atoms with van der Waals surface area (Å²) < 4.78 is 0. The topological polar surface area (TPSA) is 98.1 Å². The van der Waals surface area contributed by atoms with Gasteiger partial charge in [-0.15, -0.1) is 0 Å². The third-order valence-corrected chi connectivity index (χ3v) is 1.71. The molecule has 3 N–H and O–H groups in total. The number of benzene rings is 1. The maximum absolute atomic E-state index is 10.7. The predicted molar refractivity (Wildman–Crippen MR) is 54.1 cm³/mol. The second kappa shape index (κ2) is 4.94. The summed E-state index contributed by atoms with van der Waals surface area (Å²) >= 11 is 0. The second-order valence-electron chi connectivity index (χ2n) is 2.82. The minimum absolute atomic E-state index is 0.164. The molecule has 0 aliphatic rings. The molecule has 0 saturated heterocycles. The van der Waals surface area contributed by atoms with Crippen molar-refractivity contribution in [2.75, 3.05) is 5.06 Å². The van der Waals surface area contributed by atoms with Gasteiger partial charge in [-0.25, -0.2) is 14.7 Å². The smallest absolute Gasteiger partial charge is 0.355 e. The van der Waals surface area contributed by atoms with Crippen molar-refractivity contribution in [2.24, 2.45) is 0 Å². The highest BCUT2D eigenvalue weighted by molar-refractivity contribution is 5.97. The van der Waals surface area contributed by atoms with Crippen molar-refractivity contribution in [3.63, 3.8) is 0 Å². The Hall–Kier alpha value is -2.34. The lowest BCUT2D eigenvalue weighted by molar-refractivity contribution is -0.135. The van der Waals surface area contributed by atoms with Gasteiger partial charge >= 0.3 is 11.9 Å².